The Balaban J connectivity index is 1.72. The number of hydrogen-bond donors (Lipinski definition) is 2. The molecule has 7 nitrogen and oxygen atoms in total. The van der Waals surface area contributed by atoms with Gasteiger partial charge in [0.2, 0.25) is 0 Å². The van der Waals surface area contributed by atoms with E-state index in [-0.39, 0.29) is 5.92 Å². The van der Waals surface area contributed by atoms with Crippen LogP contribution in [0, 0.1) is 6.92 Å². The lowest BCUT2D eigenvalue weighted by Gasteiger charge is -2.16. The molecule has 0 aliphatic carbocycles. The highest BCUT2D eigenvalue weighted by molar-refractivity contribution is 5.61. The van der Waals surface area contributed by atoms with E-state index in [9.17, 15) is 0 Å². The van der Waals surface area contributed by atoms with E-state index >= 15 is 0 Å². The van der Waals surface area contributed by atoms with Crippen molar-refractivity contribution in [2.75, 3.05) is 24.7 Å². The fourth-order valence-corrected chi connectivity index (χ4v) is 2.61. The highest BCUT2D eigenvalue weighted by Crippen LogP contribution is 2.27. The second-order valence-corrected chi connectivity index (χ2v) is 6.11. The number of aryl methyl sites for hydroxylation is 1. The molecule has 0 aromatic carbocycles. The minimum absolute atomic E-state index is 0.164. The minimum atomic E-state index is 0.164. The molecule has 0 fully saturated rings. The van der Waals surface area contributed by atoms with Crippen LogP contribution in [-0.2, 0) is 0 Å². The lowest BCUT2D eigenvalue weighted by Crippen LogP contribution is -2.12. The van der Waals surface area contributed by atoms with E-state index in [1.54, 1.807) is 25.7 Å². The summed E-state index contributed by atoms with van der Waals surface area (Å²) >= 11 is 0. The highest BCUT2D eigenvalue weighted by atomic mass is 16.5. The summed E-state index contributed by atoms with van der Waals surface area (Å²) in [6.45, 7) is 4.72. The number of aromatic nitrogens is 4. The predicted octanol–water partition coefficient (Wildman–Crippen LogP) is 3.05. The first-order chi connectivity index (χ1) is 12.6. The summed E-state index contributed by atoms with van der Waals surface area (Å²) in [5.41, 5.74) is 9.47. The molecule has 3 heterocycles. The van der Waals surface area contributed by atoms with Crippen LogP contribution in [-0.4, -0.2) is 33.6 Å². The Bertz CT molecular complexity index is 881. The molecule has 26 heavy (non-hydrogen) atoms. The largest absolute Gasteiger partial charge is 0.496 e. The van der Waals surface area contributed by atoms with Crippen LogP contribution in [0.15, 0.2) is 43.0 Å². The Morgan fingerprint density at radius 3 is 2.69 bits per heavy atom. The summed E-state index contributed by atoms with van der Waals surface area (Å²) in [6, 6.07) is 7.62. The average molecular weight is 350 g/mol. The maximum absolute atomic E-state index is 5.72. The third-order valence-electron chi connectivity index (χ3n) is 4.13. The van der Waals surface area contributed by atoms with Gasteiger partial charge in [0, 0.05) is 53.8 Å². The molecule has 1 unspecified atom stereocenters. The maximum Gasteiger partial charge on any atom is 0.129 e. The number of nitrogens with zero attached hydrogens (tertiary/aromatic N) is 4. The van der Waals surface area contributed by atoms with Gasteiger partial charge in [0.25, 0.3) is 0 Å². The third-order valence-corrected chi connectivity index (χ3v) is 4.13. The van der Waals surface area contributed by atoms with E-state index < -0.39 is 0 Å². The van der Waals surface area contributed by atoms with Crippen molar-refractivity contribution in [3.8, 4) is 17.0 Å². The number of methoxy groups -OCH3 is 1. The Morgan fingerprint density at radius 1 is 1.12 bits per heavy atom. The van der Waals surface area contributed by atoms with Crippen LogP contribution in [0.2, 0.25) is 0 Å². The predicted molar refractivity (Wildman–Crippen MR) is 102 cm³/mol. The van der Waals surface area contributed by atoms with Gasteiger partial charge in [-0.2, -0.15) is 0 Å². The van der Waals surface area contributed by atoms with E-state index in [0.717, 1.165) is 34.1 Å². The number of hydrogen-bond acceptors (Lipinski definition) is 7. The van der Waals surface area contributed by atoms with E-state index in [4.69, 9.17) is 10.5 Å². The molecular formula is C19H22N6O. The maximum atomic E-state index is 5.72. The van der Waals surface area contributed by atoms with E-state index in [2.05, 4.69) is 32.2 Å². The molecule has 0 saturated carbocycles. The van der Waals surface area contributed by atoms with Crippen molar-refractivity contribution in [1.29, 1.82) is 0 Å². The van der Waals surface area contributed by atoms with E-state index in [1.165, 1.54) is 0 Å². The first-order valence-electron chi connectivity index (χ1n) is 8.35. The topological polar surface area (TPSA) is 98.8 Å². The van der Waals surface area contributed by atoms with Crippen molar-refractivity contribution in [3.63, 3.8) is 0 Å². The molecule has 0 aliphatic rings. The summed E-state index contributed by atoms with van der Waals surface area (Å²) < 4.78 is 5.41. The lowest BCUT2D eigenvalue weighted by atomic mass is 10.0. The van der Waals surface area contributed by atoms with Gasteiger partial charge in [-0.1, -0.05) is 6.92 Å². The molecule has 0 aliphatic heterocycles. The summed E-state index contributed by atoms with van der Waals surface area (Å²) in [4.78, 5) is 17.1. The molecule has 3 rings (SSSR count). The lowest BCUT2D eigenvalue weighted by molar-refractivity contribution is 0.406. The van der Waals surface area contributed by atoms with Crippen molar-refractivity contribution in [1.82, 2.24) is 19.9 Å². The normalized spacial score (nSPS) is 11.8. The molecule has 0 saturated heterocycles. The SMILES string of the molecule is COc1cc(N)ncc1C(C)CNc1cc(-c2ccc(C)nc2)ncn1. The second-order valence-electron chi connectivity index (χ2n) is 6.11. The number of ether oxygens (including phenoxy) is 1. The summed E-state index contributed by atoms with van der Waals surface area (Å²) in [5, 5.41) is 3.34. The van der Waals surface area contributed by atoms with Crippen molar-refractivity contribution in [3.05, 3.63) is 54.2 Å². The molecule has 3 aromatic rings. The molecule has 3 aromatic heterocycles. The van der Waals surface area contributed by atoms with Gasteiger partial charge >= 0.3 is 0 Å². The van der Waals surface area contributed by atoms with Gasteiger partial charge in [0.1, 0.15) is 23.7 Å². The minimum Gasteiger partial charge on any atom is -0.496 e. The smallest absolute Gasteiger partial charge is 0.129 e. The second kappa shape index (κ2) is 7.77. The van der Waals surface area contributed by atoms with Gasteiger partial charge in [0.05, 0.1) is 12.8 Å². The van der Waals surface area contributed by atoms with Gasteiger partial charge in [0.15, 0.2) is 0 Å². The number of pyridine rings is 2. The molecule has 0 spiro atoms. The van der Waals surface area contributed by atoms with Crippen molar-refractivity contribution in [2.45, 2.75) is 19.8 Å². The fourth-order valence-electron chi connectivity index (χ4n) is 2.61. The van der Waals surface area contributed by atoms with Crippen molar-refractivity contribution in [2.24, 2.45) is 0 Å². The van der Waals surface area contributed by atoms with E-state index in [1.807, 2.05) is 31.3 Å². The quantitative estimate of drug-likeness (QED) is 0.705. The van der Waals surface area contributed by atoms with Crippen LogP contribution in [0.1, 0.15) is 24.1 Å². The van der Waals surface area contributed by atoms with Gasteiger partial charge in [-0.05, 0) is 19.1 Å². The Hall–Kier alpha value is -3.22. The third kappa shape index (κ3) is 4.05. The van der Waals surface area contributed by atoms with Crippen LogP contribution >= 0.6 is 0 Å². The Morgan fingerprint density at radius 2 is 1.96 bits per heavy atom. The molecule has 0 radical (unpaired) electrons. The molecule has 3 N–H and O–H groups in total. The molecule has 1 atom stereocenters. The van der Waals surface area contributed by atoms with Gasteiger partial charge in [-0.25, -0.2) is 15.0 Å². The number of nitrogens with one attached hydrogen (secondary N) is 1. The van der Waals surface area contributed by atoms with Crippen LogP contribution in [0.4, 0.5) is 11.6 Å². The van der Waals surface area contributed by atoms with Gasteiger partial charge in [-0.15, -0.1) is 0 Å². The number of nitrogen functional groups attached to an aromatic ring is 1. The number of rotatable bonds is 6. The summed E-state index contributed by atoms with van der Waals surface area (Å²) in [5.74, 6) is 2.10. The monoisotopic (exact) mass is 350 g/mol. The van der Waals surface area contributed by atoms with Crippen LogP contribution in [0.25, 0.3) is 11.3 Å². The van der Waals surface area contributed by atoms with Crippen LogP contribution in [0.5, 0.6) is 5.75 Å². The zero-order chi connectivity index (χ0) is 18.5. The molecular weight excluding hydrogens is 328 g/mol. The first-order valence-corrected chi connectivity index (χ1v) is 8.35. The van der Waals surface area contributed by atoms with Gasteiger partial charge in [-0.3, -0.25) is 4.98 Å². The van der Waals surface area contributed by atoms with Crippen LogP contribution in [0.3, 0.4) is 0 Å². The molecule has 7 heteroatoms. The zero-order valence-electron chi connectivity index (χ0n) is 15.1. The fraction of sp³-hybridized carbons (Fsp3) is 0.263. The highest BCUT2D eigenvalue weighted by Gasteiger charge is 2.13. The number of nitrogens with two attached hydrogens (primary N) is 1. The Labute approximate surface area is 152 Å². The standard InChI is InChI=1S/C19H22N6O/c1-12(15-10-22-18(20)7-17(15)26-3)8-23-19-6-16(24-11-25-19)14-5-4-13(2)21-9-14/h4-7,9-12H,8H2,1-3H3,(H2,20,22)(H,23,24,25). The number of anilines is 2. The summed E-state index contributed by atoms with van der Waals surface area (Å²) in [6.07, 6.45) is 5.12. The van der Waals surface area contributed by atoms with Crippen LogP contribution < -0.4 is 15.8 Å². The Kier molecular flexibility index (Phi) is 5.26. The van der Waals surface area contributed by atoms with E-state index in [0.29, 0.717) is 12.4 Å². The van der Waals surface area contributed by atoms with Crippen molar-refractivity contribution >= 4 is 11.6 Å². The molecule has 0 bridgehead atoms. The molecule has 134 valence electrons. The summed E-state index contributed by atoms with van der Waals surface area (Å²) in [7, 11) is 1.63. The average Bonchev–Trinajstić information content (AvgIpc) is 2.66. The molecule has 0 amide bonds. The van der Waals surface area contributed by atoms with Crippen molar-refractivity contribution < 1.29 is 4.74 Å². The first kappa shape index (κ1) is 17.6. The zero-order valence-corrected chi connectivity index (χ0v) is 15.1. The van der Waals surface area contributed by atoms with Gasteiger partial charge < -0.3 is 15.8 Å².